The lowest BCUT2D eigenvalue weighted by atomic mass is 9.95. The first-order chi connectivity index (χ1) is 14.7. The maximum atomic E-state index is 13.4. The number of carbonyl (C=O) groups excluding carboxylic acids is 1. The number of hydrogen-bond acceptors (Lipinski definition) is 6. The number of benzene rings is 1. The van der Waals surface area contributed by atoms with Crippen LogP contribution in [0.25, 0.3) is 0 Å². The van der Waals surface area contributed by atoms with Crippen LogP contribution < -0.4 is 20.1 Å². The lowest BCUT2D eigenvalue weighted by molar-refractivity contribution is 0.102. The van der Waals surface area contributed by atoms with Crippen LogP contribution in [0.4, 0.5) is 10.7 Å². The highest BCUT2D eigenvalue weighted by atomic mass is 32.1. The molecule has 0 spiro atoms. The zero-order valence-corrected chi connectivity index (χ0v) is 18.0. The van der Waals surface area contributed by atoms with Gasteiger partial charge in [-0.1, -0.05) is 0 Å². The lowest BCUT2D eigenvalue weighted by Crippen LogP contribution is -2.17. The molecule has 2 N–H and O–H groups in total. The van der Waals surface area contributed by atoms with Crippen LogP contribution in [0.15, 0.2) is 42.7 Å². The molecule has 156 valence electrons. The quantitative estimate of drug-likeness (QED) is 0.565. The molecule has 30 heavy (non-hydrogen) atoms. The number of pyridine rings is 1. The van der Waals surface area contributed by atoms with Gasteiger partial charge in [-0.3, -0.25) is 9.78 Å². The zero-order chi connectivity index (χ0) is 20.9. The van der Waals surface area contributed by atoms with E-state index in [4.69, 9.17) is 9.47 Å². The molecule has 0 atom stereocenters. The fourth-order valence-corrected chi connectivity index (χ4v) is 4.99. The summed E-state index contributed by atoms with van der Waals surface area (Å²) in [7, 11) is 3.19. The summed E-state index contributed by atoms with van der Waals surface area (Å²) in [4.78, 5) is 18.8. The average molecular weight is 424 g/mol. The largest absolute Gasteiger partial charge is 0.497 e. The Balaban J connectivity index is 1.63. The van der Waals surface area contributed by atoms with Crippen molar-refractivity contribution in [1.29, 1.82) is 0 Å². The highest BCUT2D eigenvalue weighted by Crippen LogP contribution is 2.39. The number of hydrogen-bond donors (Lipinski definition) is 2. The number of carbonyl (C=O) groups is 1. The van der Waals surface area contributed by atoms with Crippen molar-refractivity contribution < 1.29 is 14.3 Å². The van der Waals surface area contributed by atoms with E-state index in [1.165, 1.54) is 16.9 Å². The number of aryl methyl sites for hydroxylation is 1. The Morgan fingerprint density at radius 1 is 1.10 bits per heavy atom. The first kappa shape index (κ1) is 20.2. The summed E-state index contributed by atoms with van der Waals surface area (Å²) in [5.41, 5.74) is 3.63. The maximum Gasteiger partial charge on any atom is 0.259 e. The van der Waals surface area contributed by atoms with Crippen LogP contribution in [0, 0.1) is 0 Å². The van der Waals surface area contributed by atoms with E-state index in [1.807, 2.05) is 18.2 Å². The molecule has 0 unspecified atom stereocenters. The Labute approximate surface area is 180 Å². The highest BCUT2D eigenvalue weighted by Gasteiger charge is 2.26. The number of nitrogens with zero attached hydrogens (tertiary/aromatic N) is 1. The van der Waals surface area contributed by atoms with Gasteiger partial charge in [0.15, 0.2) is 0 Å². The van der Waals surface area contributed by atoms with Crippen LogP contribution in [0.5, 0.6) is 11.5 Å². The summed E-state index contributed by atoms with van der Waals surface area (Å²) in [6, 6.07) is 9.32. The predicted octanol–water partition coefficient (Wildman–Crippen LogP) is 4.90. The van der Waals surface area contributed by atoms with Gasteiger partial charge >= 0.3 is 0 Å². The van der Waals surface area contributed by atoms with E-state index in [-0.39, 0.29) is 5.91 Å². The number of nitrogens with one attached hydrogen (secondary N) is 2. The van der Waals surface area contributed by atoms with Crippen molar-refractivity contribution in [3.8, 4) is 11.5 Å². The van der Waals surface area contributed by atoms with Gasteiger partial charge in [0.25, 0.3) is 5.91 Å². The van der Waals surface area contributed by atoms with Gasteiger partial charge in [-0.15, -0.1) is 11.3 Å². The smallest absolute Gasteiger partial charge is 0.259 e. The second kappa shape index (κ2) is 9.17. The summed E-state index contributed by atoms with van der Waals surface area (Å²) in [6.07, 6.45) is 7.79. The van der Waals surface area contributed by atoms with E-state index in [0.717, 1.165) is 35.4 Å². The normalized spacial score (nSPS) is 12.7. The van der Waals surface area contributed by atoms with Crippen LogP contribution in [0.3, 0.4) is 0 Å². The number of methoxy groups -OCH3 is 2. The fraction of sp³-hybridized carbons (Fsp3) is 0.304. The van der Waals surface area contributed by atoms with Crippen molar-refractivity contribution in [2.75, 3.05) is 24.9 Å². The summed E-state index contributed by atoms with van der Waals surface area (Å²) >= 11 is 1.69. The minimum atomic E-state index is -0.127. The Morgan fingerprint density at radius 3 is 2.67 bits per heavy atom. The van der Waals surface area contributed by atoms with Gasteiger partial charge in [0.05, 0.1) is 25.5 Å². The SMILES string of the molecule is COc1ccc(OC)c(NC(=O)c2c(NCc3ccncc3)sc3c2CCCC3)c1. The van der Waals surface area contributed by atoms with E-state index in [2.05, 4.69) is 15.6 Å². The topological polar surface area (TPSA) is 72.5 Å². The van der Waals surface area contributed by atoms with Crippen LogP contribution in [0.1, 0.15) is 39.2 Å². The first-order valence-electron chi connectivity index (χ1n) is 10.00. The molecular formula is C23H25N3O3S. The van der Waals surface area contributed by atoms with E-state index in [1.54, 1.807) is 50.1 Å². The molecule has 7 heteroatoms. The van der Waals surface area contributed by atoms with Gasteiger partial charge in [0, 0.05) is 29.9 Å². The molecule has 6 nitrogen and oxygen atoms in total. The monoisotopic (exact) mass is 423 g/mol. The molecule has 3 aromatic rings. The van der Waals surface area contributed by atoms with E-state index in [9.17, 15) is 4.79 Å². The lowest BCUT2D eigenvalue weighted by Gasteiger charge is -2.15. The van der Waals surface area contributed by atoms with Gasteiger partial charge in [0.2, 0.25) is 0 Å². The number of rotatable bonds is 7. The van der Waals surface area contributed by atoms with Gasteiger partial charge < -0.3 is 20.1 Å². The summed E-state index contributed by atoms with van der Waals surface area (Å²) in [6.45, 7) is 0.644. The van der Waals surface area contributed by atoms with Gasteiger partial charge in [-0.2, -0.15) is 0 Å². The van der Waals surface area contributed by atoms with Crippen molar-refractivity contribution >= 4 is 27.9 Å². The molecule has 0 fully saturated rings. The van der Waals surface area contributed by atoms with Crippen LogP contribution in [0.2, 0.25) is 0 Å². The van der Waals surface area contributed by atoms with Crippen LogP contribution in [-0.2, 0) is 19.4 Å². The molecule has 0 aliphatic heterocycles. The Morgan fingerprint density at radius 2 is 1.90 bits per heavy atom. The minimum Gasteiger partial charge on any atom is -0.497 e. The third kappa shape index (κ3) is 4.26. The average Bonchev–Trinajstić information content (AvgIpc) is 3.17. The third-order valence-electron chi connectivity index (χ3n) is 5.26. The second-order valence-corrected chi connectivity index (χ2v) is 8.25. The Bertz CT molecular complexity index is 1030. The van der Waals surface area contributed by atoms with E-state index >= 15 is 0 Å². The number of amides is 1. The molecule has 1 aromatic carbocycles. The van der Waals surface area contributed by atoms with Crippen molar-refractivity contribution in [3.63, 3.8) is 0 Å². The predicted molar refractivity (Wildman–Crippen MR) is 120 cm³/mol. The molecule has 0 bridgehead atoms. The van der Waals surface area contributed by atoms with Crippen molar-refractivity contribution in [2.45, 2.75) is 32.2 Å². The molecule has 0 saturated heterocycles. The van der Waals surface area contributed by atoms with E-state index < -0.39 is 0 Å². The molecule has 1 aliphatic carbocycles. The molecule has 1 aliphatic rings. The summed E-state index contributed by atoms with van der Waals surface area (Å²) < 4.78 is 10.7. The second-order valence-electron chi connectivity index (χ2n) is 7.14. The Kier molecular flexibility index (Phi) is 6.18. The number of thiophene rings is 1. The van der Waals surface area contributed by atoms with Crippen LogP contribution >= 0.6 is 11.3 Å². The van der Waals surface area contributed by atoms with Gasteiger partial charge in [-0.05, 0) is 61.1 Å². The molecule has 4 rings (SSSR count). The number of aromatic nitrogens is 1. The summed E-state index contributed by atoms with van der Waals surface area (Å²) in [5.74, 6) is 1.13. The van der Waals surface area contributed by atoms with Gasteiger partial charge in [0.1, 0.15) is 16.5 Å². The van der Waals surface area contributed by atoms with Crippen molar-refractivity contribution in [3.05, 3.63) is 64.3 Å². The van der Waals surface area contributed by atoms with Crippen molar-refractivity contribution in [2.24, 2.45) is 0 Å². The van der Waals surface area contributed by atoms with Crippen molar-refractivity contribution in [1.82, 2.24) is 4.98 Å². The number of anilines is 2. The van der Waals surface area contributed by atoms with Crippen LogP contribution in [-0.4, -0.2) is 25.1 Å². The molecule has 0 radical (unpaired) electrons. The Hall–Kier alpha value is -3.06. The maximum absolute atomic E-state index is 13.4. The molecular weight excluding hydrogens is 398 g/mol. The summed E-state index contributed by atoms with van der Waals surface area (Å²) in [5, 5.41) is 7.43. The molecule has 1 amide bonds. The third-order valence-corrected chi connectivity index (χ3v) is 6.51. The molecule has 2 heterocycles. The first-order valence-corrected chi connectivity index (χ1v) is 10.8. The zero-order valence-electron chi connectivity index (χ0n) is 17.2. The molecule has 0 saturated carbocycles. The fourth-order valence-electron chi connectivity index (χ4n) is 3.71. The highest BCUT2D eigenvalue weighted by molar-refractivity contribution is 7.16. The van der Waals surface area contributed by atoms with E-state index in [0.29, 0.717) is 23.7 Å². The van der Waals surface area contributed by atoms with Gasteiger partial charge in [-0.25, -0.2) is 0 Å². The standard InChI is InChI=1S/C23H25N3O3S/c1-28-16-7-8-19(29-2)18(13-16)26-22(27)21-17-5-3-4-6-20(17)30-23(21)25-14-15-9-11-24-12-10-15/h7-13,25H,3-6,14H2,1-2H3,(H,26,27). The minimum absolute atomic E-state index is 0.127. The number of ether oxygens (including phenoxy) is 2. The number of fused-ring (bicyclic) bond motifs is 1. The molecule has 2 aromatic heterocycles.